The standard InChI is InChI=1S/C63H102N6/c1-4-7-10-13-16-19-22-25-28-31-34-37-40-55-43-49-58(50-44-55)64-61-67-62(65-59-51-45-56(46-52-59)41-38-35-32-29-26-23-20-17-14-11-8-5-2)69-63(68-61)66-60-53-47-57(48-54-60)42-39-36-33-30-27-24-21-18-15-12-9-6-3/h43-54H,4-42H2,1-3H3,(H3,64,65,66,67,68,69). The minimum Gasteiger partial charge on any atom is -0.324 e. The van der Waals surface area contributed by atoms with Crippen LogP contribution in [0.15, 0.2) is 72.8 Å². The third kappa shape index (κ3) is 29.1. The molecule has 0 bridgehead atoms. The number of aryl methyl sites for hydroxylation is 3. The highest BCUT2D eigenvalue weighted by Gasteiger charge is 2.10. The van der Waals surface area contributed by atoms with Crippen molar-refractivity contribution in [3.05, 3.63) is 89.5 Å². The first-order valence-electron chi connectivity index (χ1n) is 29.5. The van der Waals surface area contributed by atoms with Gasteiger partial charge in [0, 0.05) is 17.1 Å². The predicted molar refractivity (Wildman–Crippen MR) is 303 cm³/mol. The van der Waals surface area contributed by atoms with E-state index in [-0.39, 0.29) is 0 Å². The molecule has 0 radical (unpaired) electrons. The molecule has 384 valence electrons. The van der Waals surface area contributed by atoms with Crippen molar-refractivity contribution in [2.45, 2.75) is 271 Å². The molecule has 69 heavy (non-hydrogen) atoms. The maximum absolute atomic E-state index is 4.85. The van der Waals surface area contributed by atoms with Crippen LogP contribution in [0.2, 0.25) is 0 Å². The Labute approximate surface area is 424 Å². The monoisotopic (exact) mass is 943 g/mol. The van der Waals surface area contributed by atoms with Crippen molar-refractivity contribution in [2.24, 2.45) is 0 Å². The number of anilines is 6. The summed E-state index contributed by atoms with van der Waals surface area (Å²) in [5.41, 5.74) is 7.08. The van der Waals surface area contributed by atoms with Gasteiger partial charge in [-0.05, 0) is 91.6 Å². The second-order valence-corrected chi connectivity index (χ2v) is 20.7. The van der Waals surface area contributed by atoms with E-state index in [2.05, 4.69) is 110 Å². The predicted octanol–water partition coefficient (Wildman–Crippen LogP) is 20.8. The Kier molecular flexibility index (Phi) is 33.2. The lowest BCUT2D eigenvalue weighted by Gasteiger charge is -2.13. The zero-order valence-electron chi connectivity index (χ0n) is 44.8. The Hall–Kier alpha value is -3.93. The van der Waals surface area contributed by atoms with Crippen molar-refractivity contribution in [1.29, 1.82) is 0 Å². The molecule has 1 aromatic heterocycles. The van der Waals surface area contributed by atoms with Crippen LogP contribution >= 0.6 is 0 Å². The van der Waals surface area contributed by atoms with Gasteiger partial charge >= 0.3 is 0 Å². The molecule has 6 heteroatoms. The Morgan fingerprint density at radius 3 is 0.594 bits per heavy atom. The molecular formula is C63H102N6. The highest BCUT2D eigenvalue weighted by molar-refractivity contribution is 5.62. The maximum Gasteiger partial charge on any atom is 0.233 e. The number of aromatic nitrogens is 3. The minimum atomic E-state index is 0.510. The van der Waals surface area contributed by atoms with Crippen LogP contribution in [-0.4, -0.2) is 15.0 Å². The molecular weight excluding hydrogens is 841 g/mol. The highest BCUT2D eigenvalue weighted by Crippen LogP contribution is 2.24. The van der Waals surface area contributed by atoms with Crippen molar-refractivity contribution >= 4 is 34.9 Å². The lowest BCUT2D eigenvalue weighted by Crippen LogP contribution is -2.07. The van der Waals surface area contributed by atoms with E-state index in [9.17, 15) is 0 Å². The lowest BCUT2D eigenvalue weighted by atomic mass is 10.0. The van der Waals surface area contributed by atoms with Gasteiger partial charge < -0.3 is 16.0 Å². The van der Waals surface area contributed by atoms with Crippen molar-refractivity contribution in [1.82, 2.24) is 15.0 Å². The molecule has 0 saturated carbocycles. The van der Waals surface area contributed by atoms with Crippen LogP contribution in [0, 0.1) is 0 Å². The van der Waals surface area contributed by atoms with E-state index in [0.29, 0.717) is 17.8 Å². The first kappa shape index (κ1) is 57.6. The number of benzene rings is 3. The Morgan fingerprint density at radius 2 is 0.406 bits per heavy atom. The summed E-state index contributed by atoms with van der Waals surface area (Å²) in [4.78, 5) is 14.5. The van der Waals surface area contributed by atoms with Crippen LogP contribution < -0.4 is 16.0 Å². The summed E-state index contributed by atoms with van der Waals surface area (Å²) in [6, 6.07) is 26.4. The second kappa shape index (κ2) is 39.8. The summed E-state index contributed by atoms with van der Waals surface area (Å²) in [6.07, 6.45) is 53.1. The molecule has 0 atom stereocenters. The molecule has 4 rings (SSSR count). The maximum atomic E-state index is 4.85. The van der Waals surface area contributed by atoms with Gasteiger partial charge in [0.1, 0.15) is 0 Å². The van der Waals surface area contributed by atoms with Gasteiger partial charge in [-0.15, -0.1) is 0 Å². The molecule has 0 aliphatic heterocycles. The van der Waals surface area contributed by atoms with E-state index < -0.39 is 0 Å². The number of nitrogens with one attached hydrogen (secondary N) is 3. The SMILES string of the molecule is CCCCCCCCCCCCCCc1ccc(Nc2nc(Nc3ccc(CCCCCCCCCCCCCC)cc3)nc(Nc3ccc(CCCCCCCCCCCCCC)cc3)n2)cc1. The van der Waals surface area contributed by atoms with Gasteiger partial charge in [-0.25, -0.2) is 0 Å². The summed E-state index contributed by atoms with van der Waals surface area (Å²) in [5.74, 6) is 1.53. The molecule has 6 nitrogen and oxygen atoms in total. The Morgan fingerprint density at radius 1 is 0.232 bits per heavy atom. The summed E-state index contributed by atoms with van der Waals surface area (Å²) >= 11 is 0. The van der Waals surface area contributed by atoms with Gasteiger partial charge in [0.2, 0.25) is 17.8 Å². The molecule has 0 unspecified atom stereocenters. The first-order chi connectivity index (χ1) is 34.1. The zero-order chi connectivity index (χ0) is 48.5. The van der Waals surface area contributed by atoms with Crippen LogP contribution in [-0.2, 0) is 19.3 Å². The topological polar surface area (TPSA) is 74.8 Å². The van der Waals surface area contributed by atoms with E-state index in [4.69, 9.17) is 15.0 Å². The van der Waals surface area contributed by atoms with Crippen molar-refractivity contribution < 1.29 is 0 Å². The lowest BCUT2D eigenvalue weighted by molar-refractivity contribution is 0.544. The smallest absolute Gasteiger partial charge is 0.233 e. The molecule has 0 fully saturated rings. The molecule has 4 aromatic rings. The number of hydrogen-bond donors (Lipinski definition) is 3. The molecule has 0 aliphatic rings. The summed E-state index contributed by atoms with van der Waals surface area (Å²) in [7, 11) is 0. The van der Waals surface area contributed by atoms with Gasteiger partial charge in [-0.1, -0.05) is 269 Å². The fourth-order valence-corrected chi connectivity index (χ4v) is 9.71. The highest BCUT2D eigenvalue weighted by atomic mass is 15.3. The third-order valence-electron chi connectivity index (χ3n) is 14.2. The number of unbranched alkanes of at least 4 members (excludes halogenated alkanes) is 33. The normalized spacial score (nSPS) is 11.3. The molecule has 3 aromatic carbocycles. The quantitative estimate of drug-likeness (QED) is 0.0384. The fraction of sp³-hybridized carbons (Fsp3) is 0.667. The average Bonchev–Trinajstić information content (AvgIpc) is 3.36. The van der Waals surface area contributed by atoms with Crippen LogP contribution in [0.1, 0.15) is 269 Å². The summed E-state index contributed by atoms with van der Waals surface area (Å²) in [6.45, 7) is 6.89. The summed E-state index contributed by atoms with van der Waals surface area (Å²) in [5, 5.41) is 10.5. The van der Waals surface area contributed by atoms with E-state index in [0.717, 1.165) is 36.3 Å². The van der Waals surface area contributed by atoms with Crippen LogP contribution in [0.4, 0.5) is 34.9 Å². The first-order valence-corrected chi connectivity index (χ1v) is 29.5. The Bertz CT molecular complexity index is 1550. The zero-order valence-corrected chi connectivity index (χ0v) is 44.8. The summed E-state index contributed by atoms with van der Waals surface area (Å²) < 4.78 is 0. The number of nitrogens with zero attached hydrogens (tertiary/aromatic N) is 3. The number of rotatable bonds is 45. The van der Waals surface area contributed by atoms with E-state index >= 15 is 0 Å². The molecule has 0 amide bonds. The van der Waals surface area contributed by atoms with Crippen LogP contribution in [0.5, 0.6) is 0 Å². The van der Waals surface area contributed by atoms with E-state index in [1.165, 1.54) is 248 Å². The Balaban J connectivity index is 1.24. The van der Waals surface area contributed by atoms with E-state index in [1.807, 2.05) is 0 Å². The van der Waals surface area contributed by atoms with Gasteiger partial charge in [0.05, 0.1) is 0 Å². The van der Waals surface area contributed by atoms with E-state index in [1.54, 1.807) is 0 Å². The third-order valence-corrected chi connectivity index (χ3v) is 14.2. The van der Waals surface area contributed by atoms with Crippen molar-refractivity contribution in [3.8, 4) is 0 Å². The molecule has 0 saturated heterocycles. The van der Waals surface area contributed by atoms with Crippen molar-refractivity contribution in [3.63, 3.8) is 0 Å². The van der Waals surface area contributed by atoms with Crippen LogP contribution in [0.25, 0.3) is 0 Å². The molecule has 0 spiro atoms. The van der Waals surface area contributed by atoms with Gasteiger partial charge in [-0.3, -0.25) is 0 Å². The second-order valence-electron chi connectivity index (χ2n) is 20.7. The minimum absolute atomic E-state index is 0.510. The largest absolute Gasteiger partial charge is 0.324 e. The van der Waals surface area contributed by atoms with Crippen molar-refractivity contribution in [2.75, 3.05) is 16.0 Å². The van der Waals surface area contributed by atoms with Crippen LogP contribution in [0.3, 0.4) is 0 Å². The average molecular weight is 944 g/mol. The van der Waals surface area contributed by atoms with Gasteiger partial charge in [0.25, 0.3) is 0 Å². The van der Waals surface area contributed by atoms with Gasteiger partial charge in [0.15, 0.2) is 0 Å². The molecule has 3 N–H and O–H groups in total. The molecule has 0 aliphatic carbocycles. The van der Waals surface area contributed by atoms with Gasteiger partial charge in [-0.2, -0.15) is 15.0 Å². The number of hydrogen-bond acceptors (Lipinski definition) is 6. The fourth-order valence-electron chi connectivity index (χ4n) is 9.71. The molecule has 1 heterocycles.